The van der Waals surface area contributed by atoms with Gasteiger partial charge in [-0.3, -0.25) is 4.79 Å². The molecule has 3 rings (SSSR count). The van der Waals surface area contributed by atoms with Crippen LogP contribution in [0.3, 0.4) is 0 Å². The molecule has 4 heteroatoms. The Bertz CT molecular complexity index is 836. The Morgan fingerprint density at radius 3 is 2.67 bits per heavy atom. The Morgan fingerprint density at radius 1 is 1.21 bits per heavy atom. The number of carbonyl (C=O) groups is 1. The number of nitrogens with zero attached hydrogens (tertiary/aromatic N) is 1. The molecule has 0 heterocycles. The molecule has 1 aromatic rings. The molecule has 33 heavy (non-hydrogen) atoms. The van der Waals surface area contributed by atoms with Crippen molar-refractivity contribution in [3.05, 3.63) is 59.2 Å². The Labute approximate surface area is 205 Å². The zero-order chi connectivity index (χ0) is 24.0. The van der Waals surface area contributed by atoms with Crippen LogP contribution in [0, 0.1) is 24.7 Å². The number of hydrogen-bond acceptors (Lipinski definition) is 3. The number of allylic oxidation sites excluding steroid dienone is 3. The van der Waals surface area contributed by atoms with E-state index in [0.29, 0.717) is 17.6 Å². The fourth-order valence-corrected chi connectivity index (χ4v) is 6.65. The van der Waals surface area contributed by atoms with Crippen molar-refractivity contribution in [3.63, 3.8) is 0 Å². The quantitative estimate of drug-likeness (QED) is 0.310. The van der Waals surface area contributed by atoms with Crippen LogP contribution >= 0.6 is 11.8 Å². The number of amides is 1. The van der Waals surface area contributed by atoms with Gasteiger partial charge < -0.3 is 10.0 Å². The first kappa shape index (κ1) is 26.1. The van der Waals surface area contributed by atoms with Crippen LogP contribution in [0.2, 0.25) is 0 Å². The first-order valence-electron chi connectivity index (χ1n) is 12.7. The lowest BCUT2D eigenvalue weighted by Crippen LogP contribution is -2.43. The highest BCUT2D eigenvalue weighted by Crippen LogP contribution is 2.48. The summed E-state index contributed by atoms with van der Waals surface area (Å²) in [6.45, 7) is 10.5. The molecular weight excluding hydrogens is 426 g/mol. The van der Waals surface area contributed by atoms with Gasteiger partial charge in [0.05, 0.1) is 11.9 Å². The number of thioether (sulfide) groups is 1. The van der Waals surface area contributed by atoms with E-state index >= 15 is 0 Å². The average molecular weight is 470 g/mol. The van der Waals surface area contributed by atoms with E-state index in [9.17, 15) is 9.90 Å². The van der Waals surface area contributed by atoms with Crippen molar-refractivity contribution < 1.29 is 9.90 Å². The van der Waals surface area contributed by atoms with E-state index in [0.717, 1.165) is 37.9 Å². The lowest BCUT2D eigenvalue weighted by Gasteiger charge is -2.30. The van der Waals surface area contributed by atoms with Gasteiger partial charge in [-0.25, -0.2) is 0 Å². The van der Waals surface area contributed by atoms with Crippen LogP contribution in [0.1, 0.15) is 64.5 Å². The number of rotatable bonds is 11. The highest BCUT2D eigenvalue weighted by molar-refractivity contribution is 7.99. The summed E-state index contributed by atoms with van der Waals surface area (Å²) >= 11 is 1.76. The molecule has 0 aromatic heterocycles. The fraction of sp³-hybridized carbons (Fsp3) is 0.621. The third kappa shape index (κ3) is 7.23. The summed E-state index contributed by atoms with van der Waals surface area (Å²) in [4.78, 5) is 14.5. The minimum absolute atomic E-state index is 0.210. The van der Waals surface area contributed by atoms with Gasteiger partial charge in [0.1, 0.15) is 0 Å². The van der Waals surface area contributed by atoms with Gasteiger partial charge in [-0.05, 0) is 89.9 Å². The third-order valence-corrected chi connectivity index (χ3v) is 8.13. The van der Waals surface area contributed by atoms with Crippen LogP contribution in [0.25, 0.3) is 0 Å². The maximum absolute atomic E-state index is 12.5. The zero-order valence-electron chi connectivity index (χ0n) is 21.2. The Hall–Kier alpha value is -1.52. The molecule has 1 fully saturated rings. The van der Waals surface area contributed by atoms with Gasteiger partial charge in [-0.1, -0.05) is 53.6 Å². The zero-order valence-corrected chi connectivity index (χ0v) is 22.0. The van der Waals surface area contributed by atoms with Crippen molar-refractivity contribution in [3.8, 4) is 0 Å². The molecule has 2 aliphatic rings. The molecule has 0 radical (unpaired) electrons. The van der Waals surface area contributed by atoms with Crippen LogP contribution in [0.4, 0.5) is 0 Å². The smallest absolute Gasteiger partial charge is 0.233 e. The number of benzene rings is 1. The predicted octanol–water partition coefficient (Wildman–Crippen LogP) is 6.20. The lowest BCUT2D eigenvalue weighted by atomic mass is 9.89. The standard InChI is InChI=1S/C29H43NO2S/c1-20(2)30(21(3)4)29(32)19-33-14-13-24-16-25-18-28(31)26(27(25)17-24)12-7-6-10-23-11-8-9-22(5)15-23/h7-9,11-12,15-16,20-21,25-28,31H,6,10,13-14,17-19H2,1-5H3/t25-,26+,27-,28+/m0/s1. The van der Waals surface area contributed by atoms with Gasteiger partial charge in [0.25, 0.3) is 0 Å². The van der Waals surface area contributed by atoms with Gasteiger partial charge >= 0.3 is 0 Å². The number of carbonyl (C=O) groups excluding carboxylic acids is 1. The number of fused-ring (bicyclic) bond motifs is 1. The number of aliphatic hydroxyl groups is 1. The molecule has 0 aliphatic heterocycles. The van der Waals surface area contributed by atoms with Crippen molar-refractivity contribution in [1.29, 1.82) is 0 Å². The molecule has 2 aliphatic carbocycles. The van der Waals surface area contributed by atoms with Gasteiger partial charge in [0, 0.05) is 18.0 Å². The minimum Gasteiger partial charge on any atom is -0.392 e. The number of aliphatic hydroxyl groups excluding tert-OH is 1. The van der Waals surface area contributed by atoms with E-state index in [1.165, 1.54) is 16.7 Å². The Morgan fingerprint density at radius 2 is 1.97 bits per heavy atom. The van der Waals surface area contributed by atoms with Crippen molar-refractivity contribution in [1.82, 2.24) is 4.90 Å². The van der Waals surface area contributed by atoms with Crippen molar-refractivity contribution in [2.24, 2.45) is 17.8 Å². The summed E-state index contributed by atoms with van der Waals surface area (Å²) in [5.41, 5.74) is 4.23. The molecule has 1 aromatic carbocycles. The molecular formula is C29H43NO2S. The molecule has 182 valence electrons. The Kier molecular flexibility index (Phi) is 9.69. The molecule has 1 saturated carbocycles. The largest absolute Gasteiger partial charge is 0.392 e. The first-order chi connectivity index (χ1) is 15.8. The van der Waals surface area contributed by atoms with E-state index < -0.39 is 0 Å². The normalized spacial score (nSPS) is 24.7. The fourth-order valence-electron chi connectivity index (χ4n) is 5.77. The summed E-state index contributed by atoms with van der Waals surface area (Å²) in [6, 6.07) is 9.23. The van der Waals surface area contributed by atoms with Gasteiger partial charge in [0.15, 0.2) is 0 Å². The average Bonchev–Trinajstić information content (AvgIpc) is 3.25. The third-order valence-electron chi connectivity index (χ3n) is 7.18. The molecule has 0 unspecified atom stereocenters. The monoisotopic (exact) mass is 469 g/mol. The van der Waals surface area contributed by atoms with Crippen LogP contribution in [0.15, 0.2) is 48.1 Å². The van der Waals surface area contributed by atoms with E-state index in [4.69, 9.17) is 0 Å². The molecule has 3 nitrogen and oxygen atoms in total. The highest BCUT2D eigenvalue weighted by Gasteiger charge is 2.43. The van der Waals surface area contributed by atoms with Gasteiger partial charge in [-0.15, -0.1) is 0 Å². The summed E-state index contributed by atoms with van der Waals surface area (Å²) in [5, 5.41) is 10.6. The molecule has 0 saturated heterocycles. The molecule has 4 atom stereocenters. The van der Waals surface area contributed by atoms with Crippen molar-refractivity contribution in [2.75, 3.05) is 11.5 Å². The van der Waals surface area contributed by atoms with Crippen molar-refractivity contribution >= 4 is 17.7 Å². The molecule has 1 amide bonds. The second-order valence-corrected chi connectivity index (χ2v) is 11.6. The Balaban J connectivity index is 1.41. The SMILES string of the molecule is Cc1cccc(CCC=C[C@@H]2[C@H]3CC(CCSCC(=O)N(C(C)C)C(C)C)=C[C@H]3C[C@H]2O)c1. The maximum atomic E-state index is 12.5. The first-order valence-corrected chi connectivity index (χ1v) is 13.9. The second-order valence-electron chi connectivity index (χ2n) is 10.5. The minimum atomic E-state index is -0.210. The highest BCUT2D eigenvalue weighted by atomic mass is 32.2. The van der Waals surface area contributed by atoms with E-state index in [1.54, 1.807) is 11.8 Å². The molecule has 1 N–H and O–H groups in total. The van der Waals surface area contributed by atoms with Gasteiger partial charge in [-0.2, -0.15) is 11.8 Å². The number of hydrogen-bond donors (Lipinski definition) is 1. The van der Waals surface area contributed by atoms with Crippen LogP contribution in [-0.4, -0.2) is 45.6 Å². The summed E-state index contributed by atoms with van der Waals surface area (Å²) in [7, 11) is 0. The van der Waals surface area contributed by atoms with Crippen LogP contribution in [-0.2, 0) is 11.2 Å². The lowest BCUT2D eigenvalue weighted by molar-refractivity contribution is -0.131. The summed E-state index contributed by atoms with van der Waals surface area (Å²) < 4.78 is 0. The second kappa shape index (κ2) is 12.3. The number of aryl methyl sites for hydroxylation is 2. The van der Waals surface area contributed by atoms with Gasteiger partial charge in [0.2, 0.25) is 5.91 Å². The van der Waals surface area contributed by atoms with E-state index in [2.05, 4.69) is 77.1 Å². The topological polar surface area (TPSA) is 40.5 Å². The van der Waals surface area contributed by atoms with Crippen LogP contribution < -0.4 is 0 Å². The molecule has 0 bridgehead atoms. The molecule has 0 spiro atoms. The van der Waals surface area contributed by atoms with Crippen LogP contribution in [0.5, 0.6) is 0 Å². The predicted molar refractivity (Wildman–Crippen MR) is 141 cm³/mol. The van der Waals surface area contributed by atoms with E-state index in [-0.39, 0.29) is 30.0 Å². The summed E-state index contributed by atoms with van der Waals surface area (Å²) in [6.07, 6.45) is 11.9. The summed E-state index contributed by atoms with van der Waals surface area (Å²) in [5.74, 6) is 3.17. The maximum Gasteiger partial charge on any atom is 0.233 e. The van der Waals surface area contributed by atoms with Crippen molar-refractivity contribution in [2.45, 2.75) is 84.9 Å². The van der Waals surface area contributed by atoms with E-state index in [1.807, 2.05) is 4.90 Å².